The molecule has 6 rings (SSSR count). The number of ether oxygens (including phenoxy) is 12. The fourth-order valence-corrected chi connectivity index (χ4v) is 8.30. The maximum Gasteiger partial charge on any atom is 0.366 e. The van der Waals surface area contributed by atoms with Gasteiger partial charge in [0, 0.05) is 41.0 Å². The Morgan fingerprint density at radius 1 is 0.694 bits per heavy atom. The molecule has 11 atom stereocenters. The van der Waals surface area contributed by atoms with E-state index in [0.29, 0.717) is 0 Å². The quantitative estimate of drug-likeness (QED) is 0.0803. The van der Waals surface area contributed by atoms with Crippen LogP contribution in [0, 0.1) is 0 Å². The summed E-state index contributed by atoms with van der Waals surface area (Å²) in [5, 5.41) is 2.68. The largest absolute Gasteiger partial charge is 0.465 e. The Morgan fingerprint density at radius 2 is 1.25 bits per heavy atom. The number of methoxy groups -OCH3 is 2. The van der Waals surface area contributed by atoms with Gasteiger partial charge in [-0.1, -0.05) is 97.1 Å². The van der Waals surface area contributed by atoms with Crippen LogP contribution in [0.4, 0.5) is 0 Å². The third-order valence-corrected chi connectivity index (χ3v) is 11.5. The number of hydrogen-bond acceptors (Lipinski definition) is 19. The predicted octanol–water partition coefficient (Wildman–Crippen LogP) is 4.34. The highest BCUT2D eigenvalue weighted by atomic mass is 16.8. The summed E-state index contributed by atoms with van der Waals surface area (Å²) in [6, 6.07) is 31.2. The van der Waals surface area contributed by atoms with E-state index in [-0.39, 0.29) is 25.5 Å². The van der Waals surface area contributed by atoms with E-state index in [1.165, 1.54) is 19.4 Å². The second-order valence-corrected chi connectivity index (χ2v) is 16.8. The van der Waals surface area contributed by atoms with Crippen molar-refractivity contribution in [1.82, 2.24) is 10.3 Å². The highest BCUT2D eigenvalue weighted by Gasteiger charge is 2.60. The number of nitrogens with one attached hydrogen (secondary N) is 1. The zero-order valence-electron chi connectivity index (χ0n) is 40.8. The Hall–Kier alpha value is -6.65. The molecule has 0 saturated carbocycles. The molecule has 3 aromatic carbocycles. The summed E-state index contributed by atoms with van der Waals surface area (Å²) < 4.78 is 73.8. The van der Waals surface area contributed by atoms with E-state index >= 15 is 0 Å². The van der Waals surface area contributed by atoms with Gasteiger partial charge in [-0.25, -0.2) is 14.6 Å². The Balaban J connectivity index is 1.45. The lowest BCUT2D eigenvalue weighted by Crippen LogP contribution is -2.70. The molecule has 0 radical (unpaired) electrons. The smallest absolute Gasteiger partial charge is 0.366 e. The number of esters is 5. The minimum Gasteiger partial charge on any atom is -0.465 e. The predicted molar refractivity (Wildman–Crippen MR) is 250 cm³/mol. The third kappa shape index (κ3) is 15.2. The van der Waals surface area contributed by atoms with E-state index < -0.39 is 122 Å². The van der Waals surface area contributed by atoms with Crippen molar-refractivity contribution in [2.24, 2.45) is 0 Å². The Bertz CT molecular complexity index is 2380. The van der Waals surface area contributed by atoms with Crippen molar-refractivity contribution in [3.63, 3.8) is 0 Å². The molecule has 1 amide bonds. The lowest BCUT2D eigenvalue weighted by molar-refractivity contribution is -0.347. The molecule has 20 heteroatoms. The van der Waals surface area contributed by atoms with Crippen molar-refractivity contribution in [2.45, 2.75) is 121 Å². The molecular formula is C52H60N2O18. The SMILES string of the molecule is COC(=O)[C@@]1(OC[C@H]2O[C@H](OC)[C@H](OCc3ccccc3)[C@@H](OCc3ccccc3)[C@H]2OCc2ccccc2)C[C@H](OC(=O)c2ccccn2)[C@@H](NC(C)=O)[C@H]([C@H](OC(C)=O)[C@@H](COC(C)=O)OC(C)=O)O1. The van der Waals surface area contributed by atoms with Crippen molar-refractivity contribution in [1.29, 1.82) is 0 Å². The molecule has 2 fully saturated rings. The summed E-state index contributed by atoms with van der Waals surface area (Å²) in [5.41, 5.74) is 2.34. The number of hydrogen-bond donors (Lipinski definition) is 1. The Labute approximate surface area is 416 Å². The zero-order valence-corrected chi connectivity index (χ0v) is 40.8. The first kappa shape index (κ1) is 54.7. The number of nitrogens with zero attached hydrogens (tertiary/aromatic N) is 1. The number of benzene rings is 3. The average Bonchev–Trinajstić information content (AvgIpc) is 3.38. The van der Waals surface area contributed by atoms with Crippen LogP contribution in [0.2, 0.25) is 0 Å². The maximum atomic E-state index is 14.5. The second-order valence-electron chi connectivity index (χ2n) is 16.8. The molecule has 2 aliphatic heterocycles. The van der Waals surface area contributed by atoms with Crippen LogP contribution < -0.4 is 5.32 Å². The van der Waals surface area contributed by atoms with E-state index in [4.69, 9.17) is 56.8 Å². The van der Waals surface area contributed by atoms with Crippen LogP contribution >= 0.6 is 0 Å². The van der Waals surface area contributed by atoms with Gasteiger partial charge in [0.2, 0.25) is 5.91 Å². The normalized spacial score (nSPS) is 24.6. The van der Waals surface area contributed by atoms with E-state index in [1.54, 1.807) is 12.1 Å². The molecule has 0 bridgehead atoms. The van der Waals surface area contributed by atoms with Gasteiger partial charge in [0.1, 0.15) is 48.9 Å². The Morgan fingerprint density at radius 3 is 1.75 bits per heavy atom. The van der Waals surface area contributed by atoms with E-state index in [0.717, 1.165) is 51.5 Å². The lowest BCUT2D eigenvalue weighted by Gasteiger charge is -2.49. The first-order valence-corrected chi connectivity index (χ1v) is 23.1. The second kappa shape index (κ2) is 26.7. The Kier molecular flexibility index (Phi) is 20.3. The molecule has 0 aliphatic carbocycles. The molecule has 0 unspecified atom stereocenters. The minimum absolute atomic E-state index is 0.0498. The van der Waals surface area contributed by atoms with Gasteiger partial charge in [-0.3, -0.25) is 19.2 Å². The average molecular weight is 1000 g/mol. The number of aromatic nitrogens is 1. The number of amides is 1. The van der Waals surface area contributed by atoms with Crippen molar-refractivity contribution >= 4 is 35.8 Å². The fraction of sp³-hybridized carbons (Fsp3) is 0.442. The number of carbonyl (C=O) groups is 6. The number of carbonyl (C=O) groups excluding carboxylic acids is 6. The summed E-state index contributed by atoms with van der Waals surface area (Å²) in [5.74, 6) is -8.13. The van der Waals surface area contributed by atoms with Crippen LogP contribution in [0.5, 0.6) is 0 Å². The minimum atomic E-state index is -2.62. The molecule has 1 aromatic heterocycles. The topological polar surface area (TPSA) is 238 Å². The van der Waals surface area contributed by atoms with Gasteiger partial charge in [-0.05, 0) is 28.8 Å². The summed E-state index contributed by atoms with van der Waals surface area (Å²) in [7, 11) is 2.48. The molecular weight excluding hydrogens is 941 g/mol. The van der Waals surface area contributed by atoms with E-state index in [1.807, 2.05) is 91.0 Å². The summed E-state index contributed by atoms with van der Waals surface area (Å²) in [6.07, 6.45) is -11.4. The van der Waals surface area contributed by atoms with Crippen molar-refractivity contribution < 1.29 is 85.6 Å². The maximum absolute atomic E-state index is 14.5. The van der Waals surface area contributed by atoms with Crippen LogP contribution in [-0.4, -0.2) is 135 Å². The molecule has 20 nitrogen and oxygen atoms in total. The van der Waals surface area contributed by atoms with Crippen molar-refractivity contribution in [2.75, 3.05) is 27.4 Å². The van der Waals surface area contributed by atoms with Crippen LogP contribution in [-0.2, 0) is 101 Å². The van der Waals surface area contributed by atoms with Gasteiger partial charge in [0.25, 0.3) is 5.79 Å². The molecule has 3 heterocycles. The molecule has 2 saturated heterocycles. The van der Waals surface area contributed by atoms with Crippen LogP contribution in [0.3, 0.4) is 0 Å². The third-order valence-electron chi connectivity index (χ3n) is 11.5. The molecule has 386 valence electrons. The van der Waals surface area contributed by atoms with Gasteiger partial charge in [0.05, 0.1) is 46.0 Å². The van der Waals surface area contributed by atoms with Crippen molar-refractivity contribution in [3.8, 4) is 0 Å². The van der Waals surface area contributed by atoms with Gasteiger partial charge in [-0.2, -0.15) is 0 Å². The van der Waals surface area contributed by atoms with Gasteiger partial charge < -0.3 is 62.2 Å². The molecule has 4 aromatic rings. The molecule has 1 N–H and O–H groups in total. The number of pyridine rings is 1. The van der Waals surface area contributed by atoms with Crippen LogP contribution in [0.1, 0.15) is 61.3 Å². The fourth-order valence-electron chi connectivity index (χ4n) is 8.30. The van der Waals surface area contributed by atoms with Gasteiger partial charge in [-0.15, -0.1) is 0 Å². The number of rotatable bonds is 23. The van der Waals surface area contributed by atoms with Gasteiger partial charge >= 0.3 is 29.8 Å². The van der Waals surface area contributed by atoms with Crippen LogP contribution in [0.25, 0.3) is 0 Å². The molecule has 72 heavy (non-hydrogen) atoms. The molecule has 0 spiro atoms. The monoisotopic (exact) mass is 1000 g/mol. The summed E-state index contributed by atoms with van der Waals surface area (Å²) in [4.78, 5) is 83.4. The highest BCUT2D eigenvalue weighted by Crippen LogP contribution is 2.39. The summed E-state index contributed by atoms with van der Waals surface area (Å²) >= 11 is 0. The molecule has 2 aliphatic rings. The standard InChI is InChI=1S/C52H60N2O18/c1-32(55)54-43-40(70-49(59)39-24-16-17-25-53-39)26-52(51(60)62-6,72-46(43)45(69-35(4)58)41(68-34(3)57)30-63-33(2)56)67-31-42-44(64-27-36-18-10-7-11-19-36)47(65-28-37-20-12-8-13-21-37)48(50(61-5)71-42)66-29-38-22-14-9-15-23-38/h7-25,40-48,50H,26-31H2,1-6H3,(H,54,55)/t40-,41+,42+,43+,44-,45+,46+,47-,48+,50-,52+/m0/s1. The lowest BCUT2D eigenvalue weighted by atomic mass is 9.87. The highest BCUT2D eigenvalue weighted by molar-refractivity contribution is 5.87. The van der Waals surface area contributed by atoms with Crippen LogP contribution in [0.15, 0.2) is 115 Å². The summed E-state index contributed by atoms with van der Waals surface area (Å²) in [6.45, 7) is 3.37. The van der Waals surface area contributed by atoms with E-state index in [2.05, 4.69) is 10.3 Å². The van der Waals surface area contributed by atoms with Gasteiger partial charge in [0.15, 0.2) is 18.5 Å². The van der Waals surface area contributed by atoms with Crippen molar-refractivity contribution in [3.05, 3.63) is 138 Å². The van der Waals surface area contributed by atoms with E-state index in [9.17, 15) is 28.8 Å². The first-order valence-electron chi connectivity index (χ1n) is 23.1. The zero-order chi connectivity index (χ0) is 51.6. The first-order chi connectivity index (χ1) is 34.7.